The maximum Gasteiger partial charge on any atom is 0.323 e. The van der Waals surface area contributed by atoms with Crippen molar-refractivity contribution < 1.29 is 4.92 Å². The second-order valence-corrected chi connectivity index (χ2v) is 8.55. The summed E-state index contributed by atoms with van der Waals surface area (Å²) in [4.78, 5) is 15.8. The van der Waals surface area contributed by atoms with Crippen molar-refractivity contribution in [1.29, 1.82) is 0 Å². The predicted octanol–water partition coefficient (Wildman–Crippen LogP) is 6.27. The van der Waals surface area contributed by atoms with E-state index in [1.54, 1.807) is 23.2 Å². The van der Waals surface area contributed by atoms with Crippen LogP contribution in [0.3, 0.4) is 0 Å². The second kappa shape index (κ2) is 8.43. The summed E-state index contributed by atoms with van der Waals surface area (Å²) in [6.45, 7) is 1.01. The monoisotopic (exact) mass is 486 g/mol. The van der Waals surface area contributed by atoms with Crippen molar-refractivity contribution in [2.75, 3.05) is 0 Å². The van der Waals surface area contributed by atoms with Gasteiger partial charge in [-0.1, -0.05) is 70.5 Å². The molecule has 7 heteroatoms. The summed E-state index contributed by atoms with van der Waals surface area (Å²) in [6.07, 6.45) is 5.38. The molecule has 0 bridgehead atoms. The fraction of sp³-hybridized carbons (Fsp3) is 0.0800. The number of nitrogens with zero attached hydrogens (tertiary/aromatic N) is 4. The number of halogens is 1. The van der Waals surface area contributed by atoms with Gasteiger partial charge in [0.1, 0.15) is 6.54 Å². The summed E-state index contributed by atoms with van der Waals surface area (Å²) >= 11 is 3.45. The van der Waals surface area contributed by atoms with Crippen LogP contribution in [0, 0.1) is 10.1 Å². The number of imidazole rings is 1. The summed E-state index contributed by atoms with van der Waals surface area (Å²) in [5.74, 6) is 0.0596. The average Bonchev–Trinajstić information content (AvgIpc) is 3.42. The first kappa shape index (κ1) is 20.2. The zero-order chi connectivity index (χ0) is 22.1. The number of hydrogen-bond donors (Lipinski definition) is 0. The van der Waals surface area contributed by atoms with Gasteiger partial charge in [-0.2, -0.15) is 0 Å². The van der Waals surface area contributed by atoms with Crippen molar-refractivity contribution in [3.8, 4) is 11.1 Å². The molecular formula is C25H19BrN4O2. The highest BCUT2D eigenvalue weighted by Gasteiger charge is 2.20. The Labute approximate surface area is 193 Å². The van der Waals surface area contributed by atoms with Crippen LogP contribution in [0.4, 0.5) is 5.82 Å². The van der Waals surface area contributed by atoms with Crippen LogP contribution in [-0.2, 0) is 13.1 Å². The lowest BCUT2D eigenvalue weighted by molar-refractivity contribution is -0.391. The van der Waals surface area contributed by atoms with Gasteiger partial charge in [-0.25, -0.2) is 9.55 Å². The first-order valence-electron chi connectivity index (χ1n) is 10.1. The van der Waals surface area contributed by atoms with Crippen LogP contribution in [0.1, 0.15) is 11.3 Å². The first-order chi connectivity index (χ1) is 15.6. The number of aromatic nitrogens is 3. The average molecular weight is 487 g/mol. The van der Waals surface area contributed by atoms with Crippen molar-refractivity contribution in [2.45, 2.75) is 13.1 Å². The van der Waals surface area contributed by atoms with Crippen molar-refractivity contribution in [3.63, 3.8) is 0 Å². The van der Waals surface area contributed by atoms with Gasteiger partial charge in [-0.15, -0.1) is 0 Å². The van der Waals surface area contributed by atoms with Crippen molar-refractivity contribution in [3.05, 3.63) is 117 Å². The SMILES string of the molecule is O=[N+]([O-])c1cc(-c2cccc3ccccc23)cn1Cc1cncn1Cc1ccc(Br)cc1. The molecule has 5 rings (SSSR count). The molecule has 0 saturated carbocycles. The second-order valence-electron chi connectivity index (χ2n) is 7.64. The lowest BCUT2D eigenvalue weighted by Gasteiger charge is -2.08. The maximum absolute atomic E-state index is 11.8. The Balaban J connectivity index is 1.50. The number of hydrogen-bond acceptors (Lipinski definition) is 3. The van der Waals surface area contributed by atoms with E-state index in [0.29, 0.717) is 13.1 Å². The van der Waals surface area contributed by atoms with Gasteiger partial charge >= 0.3 is 5.82 Å². The van der Waals surface area contributed by atoms with E-state index in [-0.39, 0.29) is 10.7 Å². The highest BCUT2D eigenvalue weighted by atomic mass is 79.9. The molecule has 32 heavy (non-hydrogen) atoms. The quantitative estimate of drug-likeness (QED) is 0.209. The third-order valence-electron chi connectivity index (χ3n) is 5.56. The molecular weight excluding hydrogens is 468 g/mol. The number of fused-ring (bicyclic) bond motifs is 1. The zero-order valence-electron chi connectivity index (χ0n) is 17.1. The molecule has 0 N–H and O–H groups in total. The molecule has 0 spiro atoms. The fourth-order valence-corrected chi connectivity index (χ4v) is 4.25. The molecule has 0 aliphatic heterocycles. The third-order valence-corrected chi connectivity index (χ3v) is 6.09. The Bertz CT molecular complexity index is 1410. The van der Waals surface area contributed by atoms with Gasteiger partial charge in [0.25, 0.3) is 0 Å². The minimum Gasteiger partial charge on any atom is -0.358 e. The third kappa shape index (κ3) is 3.94. The predicted molar refractivity (Wildman–Crippen MR) is 129 cm³/mol. The summed E-state index contributed by atoms with van der Waals surface area (Å²) in [5.41, 5.74) is 3.84. The van der Waals surface area contributed by atoms with Crippen LogP contribution in [0.25, 0.3) is 21.9 Å². The topological polar surface area (TPSA) is 65.9 Å². The van der Waals surface area contributed by atoms with Crippen LogP contribution < -0.4 is 0 Å². The smallest absolute Gasteiger partial charge is 0.323 e. The number of benzene rings is 3. The Kier molecular flexibility index (Phi) is 5.33. The van der Waals surface area contributed by atoms with E-state index in [2.05, 4.69) is 20.9 Å². The summed E-state index contributed by atoms with van der Waals surface area (Å²) in [6, 6.07) is 23.8. The van der Waals surface area contributed by atoms with Gasteiger partial charge in [0.05, 0.1) is 24.4 Å². The van der Waals surface area contributed by atoms with Crippen molar-refractivity contribution in [2.24, 2.45) is 0 Å². The summed E-state index contributed by atoms with van der Waals surface area (Å²) in [5, 5.41) is 14.0. The van der Waals surface area contributed by atoms with E-state index in [9.17, 15) is 10.1 Å². The molecule has 2 aromatic heterocycles. The van der Waals surface area contributed by atoms with Gasteiger partial charge in [0.2, 0.25) is 0 Å². The van der Waals surface area contributed by atoms with E-state index >= 15 is 0 Å². The largest absolute Gasteiger partial charge is 0.358 e. The van der Waals surface area contributed by atoms with E-state index in [4.69, 9.17) is 0 Å². The lowest BCUT2D eigenvalue weighted by atomic mass is 10.0. The van der Waals surface area contributed by atoms with E-state index in [0.717, 1.165) is 37.6 Å². The maximum atomic E-state index is 11.8. The minimum absolute atomic E-state index is 0.0596. The Hall–Kier alpha value is -3.71. The highest BCUT2D eigenvalue weighted by molar-refractivity contribution is 9.10. The standard InChI is InChI=1S/C25H19BrN4O2/c26-21-10-8-18(9-11-21)14-29-17-27-13-22(29)16-28-15-20(12-25(28)30(31)32)24-7-3-5-19-4-1-2-6-23(19)24/h1-13,15,17H,14,16H2. The van der Waals surface area contributed by atoms with Crippen molar-refractivity contribution in [1.82, 2.24) is 14.1 Å². The van der Waals surface area contributed by atoms with Gasteiger partial charge in [-0.05, 0) is 39.0 Å². The van der Waals surface area contributed by atoms with Gasteiger partial charge in [0.15, 0.2) is 0 Å². The molecule has 5 aromatic rings. The molecule has 6 nitrogen and oxygen atoms in total. The van der Waals surface area contributed by atoms with Gasteiger partial charge in [0, 0.05) is 22.6 Å². The molecule has 2 heterocycles. The van der Waals surface area contributed by atoms with Crippen LogP contribution >= 0.6 is 15.9 Å². The van der Waals surface area contributed by atoms with Crippen LogP contribution in [0.2, 0.25) is 0 Å². The molecule has 0 aliphatic rings. The van der Waals surface area contributed by atoms with Crippen LogP contribution in [-0.4, -0.2) is 19.0 Å². The van der Waals surface area contributed by atoms with Gasteiger partial charge < -0.3 is 14.7 Å². The van der Waals surface area contributed by atoms with E-state index in [1.165, 1.54) is 0 Å². The number of rotatable bonds is 6. The molecule has 0 saturated heterocycles. The molecule has 0 amide bonds. The molecule has 0 radical (unpaired) electrons. The normalized spacial score (nSPS) is 11.2. The highest BCUT2D eigenvalue weighted by Crippen LogP contribution is 2.32. The fourth-order valence-electron chi connectivity index (χ4n) is 3.99. The van der Waals surface area contributed by atoms with Crippen LogP contribution in [0.5, 0.6) is 0 Å². The van der Waals surface area contributed by atoms with E-state index in [1.807, 2.05) is 77.5 Å². The first-order valence-corrected chi connectivity index (χ1v) is 10.9. The van der Waals surface area contributed by atoms with Gasteiger partial charge in [-0.3, -0.25) is 0 Å². The Morgan fingerprint density at radius 3 is 2.53 bits per heavy atom. The molecule has 0 fully saturated rings. The van der Waals surface area contributed by atoms with Crippen molar-refractivity contribution >= 4 is 32.5 Å². The molecule has 158 valence electrons. The Morgan fingerprint density at radius 1 is 0.938 bits per heavy atom. The van der Waals surface area contributed by atoms with E-state index < -0.39 is 0 Å². The molecule has 0 aliphatic carbocycles. The Morgan fingerprint density at radius 2 is 1.72 bits per heavy atom. The molecule has 0 atom stereocenters. The summed E-state index contributed by atoms with van der Waals surface area (Å²) in [7, 11) is 0. The van der Waals surface area contributed by atoms with Crippen LogP contribution in [0.15, 0.2) is 96.0 Å². The molecule has 3 aromatic carbocycles. The number of nitro groups is 1. The zero-order valence-corrected chi connectivity index (χ0v) is 18.6. The molecule has 0 unspecified atom stereocenters. The lowest BCUT2D eigenvalue weighted by Crippen LogP contribution is -2.09. The summed E-state index contributed by atoms with van der Waals surface area (Å²) < 4.78 is 4.73. The minimum atomic E-state index is -0.329.